The molecular weight excluding hydrogens is 394 g/mol. The minimum Gasteiger partial charge on any atom is -0.312 e. The fourth-order valence-electron chi connectivity index (χ4n) is 4.80. The Bertz CT molecular complexity index is 959. The van der Waals surface area contributed by atoms with Gasteiger partial charge in [0, 0.05) is 42.1 Å². The van der Waals surface area contributed by atoms with Gasteiger partial charge in [0.2, 0.25) is 11.8 Å². The maximum absolute atomic E-state index is 13.2. The van der Waals surface area contributed by atoms with Crippen LogP contribution in [0.3, 0.4) is 0 Å². The molecule has 0 radical (unpaired) electrons. The number of fused-ring (bicyclic) bond motifs is 1. The molecule has 2 amide bonds. The molecule has 30 heavy (non-hydrogen) atoms. The molecule has 5 rings (SSSR count). The van der Waals surface area contributed by atoms with Crippen LogP contribution >= 0.6 is 11.3 Å². The Kier molecular flexibility index (Phi) is 5.35. The molecule has 0 N–H and O–H groups in total. The normalized spacial score (nSPS) is 19.4. The van der Waals surface area contributed by atoms with Crippen LogP contribution in [0.5, 0.6) is 0 Å². The van der Waals surface area contributed by atoms with Crippen molar-refractivity contribution in [3.05, 3.63) is 29.1 Å². The summed E-state index contributed by atoms with van der Waals surface area (Å²) in [6.45, 7) is 0.830. The number of amides is 2. The Morgan fingerprint density at radius 1 is 1.07 bits per heavy atom. The van der Waals surface area contributed by atoms with E-state index in [2.05, 4.69) is 18.2 Å². The zero-order valence-electron chi connectivity index (χ0n) is 17.6. The number of aryl methyl sites for hydroxylation is 1. The van der Waals surface area contributed by atoms with Gasteiger partial charge in [-0.2, -0.15) is 0 Å². The van der Waals surface area contributed by atoms with Crippen LogP contribution in [-0.4, -0.2) is 30.4 Å². The zero-order valence-corrected chi connectivity index (χ0v) is 18.4. The van der Waals surface area contributed by atoms with Crippen molar-refractivity contribution in [2.45, 2.75) is 57.8 Å². The SMILES string of the molecule is CN(C(=O)C1CC1)c1nc(-c2ccc3c(c2)CCCN3C(=O)C2CCCCC2)cs1. The lowest BCUT2D eigenvalue weighted by Gasteiger charge is -2.33. The topological polar surface area (TPSA) is 53.5 Å². The van der Waals surface area contributed by atoms with Crippen molar-refractivity contribution in [1.82, 2.24) is 4.98 Å². The minimum absolute atomic E-state index is 0.179. The summed E-state index contributed by atoms with van der Waals surface area (Å²) in [5.41, 5.74) is 4.29. The third-order valence-corrected chi connectivity index (χ3v) is 7.67. The van der Waals surface area contributed by atoms with Crippen LogP contribution < -0.4 is 9.80 Å². The Hall–Kier alpha value is -2.21. The molecule has 0 saturated heterocycles. The Morgan fingerprint density at radius 2 is 1.87 bits per heavy atom. The van der Waals surface area contributed by atoms with Gasteiger partial charge in [0.1, 0.15) is 0 Å². The number of aromatic nitrogens is 1. The highest BCUT2D eigenvalue weighted by molar-refractivity contribution is 7.14. The first-order valence-electron chi connectivity index (χ1n) is 11.3. The lowest BCUT2D eigenvalue weighted by molar-refractivity contribution is -0.123. The molecule has 6 heteroatoms. The molecule has 5 nitrogen and oxygen atoms in total. The van der Waals surface area contributed by atoms with Crippen molar-refractivity contribution < 1.29 is 9.59 Å². The number of carbonyl (C=O) groups excluding carboxylic acids is 2. The molecule has 0 unspecified atom stereocenters. The maximum atomic E-state index is 13.2. The third kappa shape index (κ3) is 3.78. The van der Waals surface area contributed by atoms with Crippen LogP contribution in [-0.2, 0) is 16.0 Å². The van der Waals surface area contributed by atoms with Gasteiger partial charge in [0.15, 0.2) is 5.13 Å². The van der Waals surface area contributed by atoms with Gasteiger partial charge in [0.05, 0.1) is 5.69 Å². The monoisotopic (exact) mass is 423 g/mol. The molecule has 0 bridgehead atoms. The van der Waals surface area contributed by atoms with Crippen LogP contribution in [0, 0.1) is 11.8 Å². The molecule has 2 heterocycles. The van der Waals surface area contributed by atoms with E-state index in [-0.39, 0.29) is 17.7 Å². The van der Waals surface area contributed by atoms with Crippen molar-refractivity contribution in [3.8, 4) is 11.3 Å². The molecular formula is C24H29N3O2S. The minimum atomic E-state index is 0.179. The highest BCUT2D eigenvalue weighted by Crippen LogP contribution is 2.37. The fourth-order valence-corrected chi connectivity index (χ4v) is 5.61. The van der Waals surface area contributed by atoms with Crippen LogP contribution in [0.25, 0.3) is 11.3 Å². The van der Waals surface area contributed by atoms with E-state index in [4.69, 9.17) is 4.98 Å². The molecule has 0 atom stereocenters. The van der Waals surface area contributed by atoms with Gasteiger partial charge in [-0.15, -0.1) is 11.3 Å². The van der Waals surface area contributed by atoms with Gasteiger partial charge in [0.25, 0.3) is 0 Å². The molecule has 158 valence electrons. The largest absolute Gasteiger partial charge is 0.312 e. The molecule has 3 aliphatic rings. The second kappa shape index (κ2) is 8.14. The predicted molar refractivity (Wildman–Crippen MR) is 121 cm³/mol. The Balaban J connectivity index is 1.36. The van der Waals surface area contributed by atoms with Crippen molar-refractivity contribution in [3.63, 3.8) is 0 Å². The average Bonchev–Trinajstić information content (AvgIpc) is 3.53. The number of rotatable bonds is 4. The first-order chi connectivity index (χ1) is 14.6. The molecule has 0 spiro atoms. The van der Waals surface area contributed by atoms with Crippen LogP contribution in [0.15, 0.2) is 23.6 Å². The first-order valence-corrected chi connectivity index (χ1v) is 12.2. The number of hydrogen-bond donors (Lipinski definition) is 0. The number of carbonyl (C=O) groups is 2. The van der Waals surface area contributed by atoms with Crippen LogP contribution in [0.2, 0.25) is 0 Å². The van der Waals surface area contributed by atoms with Crippen molar-refractivity contribution >= 4 is 34.0 Å². The molecule has 2 aliphatic carbocycles. The molecule has 1 aromatic heterocycles. The summed E-state index contributed by atoms with van der Waals surface area (Å²) >= 11 is 1.52. The predicted octanol–water partition coefficient (Wildman–Crippen LogP) is 5.04. The van der Waals surface area contributed by atoms with Gasteiger partial charge < -0.3 is 4.90 Å². The van der Waals surface area contributed by atoms with Gasteiger partial charge in [-0.1, -0.05) is 25.3 Å². The smallest absolute Gasteiger partial charge is 0.231 e. The molecule has 1 aliphatic heterocycles. The van der Waals surface area contributed by atoms with Gasteiger partial charge in [-0.3, -0.25) is 14.5 Å². The number of thiazole rings is 1. The lowest BCUT2D eigenvalue weighted by Crippen LogP contribution is -2.40. The fraction of sp³-hybridized carbons (Fsp3) is 0.542. The van der Waals surface area contributed by atoms with Crippen molar-refractivity contribution in [2.75, 3.05) is 23.4 Å². The molecule has 2 aromatic rings. The van der Waals surface area contributed by atoms with E-state index in [0.29, 0.717) is 5.91 Å². The van der Waals surface area contributed by atoms with E-state index in [1.165, 1.54) is 36.2 Å². The summed E-state index contributed by atoms with van der Waals surface area (Å²) in [6, 6.07) is 6.37. The zero-order chi connectivity index (χ0) is 20.7. The summed E-state index contributed by atoms with van der Waals surface area (Å²) in [7, 11) is 1.82. The highest BCUT2D eigenvalue weighted by atomic mass is 32.1. The number of nitrogens with zero attached hydrogens (tertiary/aromatic N) is 3. The average molecular weight is 424 g/mol. The molecule has 2 saturated carbocycles. The van der Waals surface area contributed by atoms with E-state index in [1.54, 1.807) is 4.90 Å². The second-order valence-corrected chi connectivity index (χ2v) is 9.80. The summed E-state index contributed by atoms with van der Waals surface area (Å²) < 4.78 is 0. The quantitative estimate of drug-likeness (QED) is 0.692. The number of anilines is 2. The van der Waals surface area contributed by atoms with E-state index in [0.717, 1.165) is 67.1 Å². The van der Waals surface area contributed by atoms with E-state index < -0.39 is 0 Å². The summed E-state index contributed by atoms with van der Waals surface area (Å²) in [6.07, 6.45) is 9.71. The second-order valence-electron chi connectivity index (χ2n) is 8.96. The van der Waals surface area contributed by atoms with Gasteiger partial charge >= 0.3 is 0 Å². The standard InChI is InChI=1S/C24H29N3O2S/c1-26(22(28)17-9-10-17)24-25-20(15-30-24)18-11-12-21-19(14-18)8-5-13-27(21)23(29)16-6-3-2-4-7-16/h11-12,14-17H,2-10,13H2,1H3. The third-order valence-electron chi connectivity index (χ3n) is 6.75. The Labute approximate surface area is 182 Å². The van der Waals surface area contributed by atoms with E-state index in [9.17, 15) is 9.59 Å². The first kappa shape index (κ1) is 19.7. The van der Waals surface area contributed by atoms with Crippen molar-refractivity contribution in [1.29, 1.82) is 0 Å². The number of benzene rings is 1. The molecule has 1 aromatic carbocycles. The number of hydrogen-bond acceptors (Lipinski definition) is 4. The summed E-state index contributed by atoms with van der Waals surface area (Å²) in [4.78, 5) is 33.9. The summed E-state index contributed by atoms with van der Waals surface area (Å²) in [5, 5.41) is 2.79. The van der Waals surface area contributed by atoms with Gasteiger partial charge in [-0.25, -0.2) is 4.98 Å². The molecule has 2 fully saturated rings. The van der Waals surface area contributed by atoms with Crippen LogP contribution in [0.4, 0.5) is 10.8 Å². The highest BCUT2D eigenvalue weighted by Gasteiger charge is 2.33. The van der Waals surface area contributed by atoms with Crippen molar-refractivity contribution in [2.24, 2.45) is 11.8 Å². The van der Waals surface area contributed by atoms with Crippen LogP contribution in [0.1, 0.15) is 56.9 Å². The maximum Gasteiger partial charge on any atom is 0.231 e. The van der Waals surface area contributed by atoms with E-state index in [1.807, 2.05) is 17.3 Å². The van der Waals surface area contributed by atoms with Gasteiger partial charge in [-0.05, 0) is 56.2 Å². The van der Waals surface area contributed by atoms with E-state index >= 15 is 0 Å². The lowest BCUT2D eigenvalue weighted by atomic mass is 9.87. The Morgan fingerprint density at radius 3 is 2.63 bits per heavy atom. The summed E-state index contributed by atoms with van der Waals surface area (Å²) in [5.74, 6) is 0.890.